The van der Waals surface area contributed by atoms with Gasteiger partial charge in [-0.3, -0.25) is 0 Å². The summed E-state index contributed by atoms with van der Waals surface area (Å²) in [5.41, 5.74) is 1.56. The molecule has 0 amide bonds. The van der Waals surface area contributed by atoms with E-state index in [0.717, 1.165) is 10.6 Å². The third-order valence-corrected chi connectivity index (χ3v) is 3.12. The van der Waals surface area contributed by atoms with E-state index in [2.05, 4.69) is 9.72 Å². The van der Waals surface area contributed by atoms with E-state index < -0.39 is 0 Å². The molecule has 2 rings (SSSR count). The smallest absolute Gasteiger partial charge is 0.349 e. The van der Waals surface area contributed by atoms with E-state index in [9.17, 15) is 4.79 Å². The van der Waals surface area contributed by atoms with E-state index in [1.165, 1.54) is 18.4 Å². The molecule has 0 aliphatic heterocycles. The number of furan rings is 1. The Morgan fingerprint density at radius 1 is 1.60 bits per heavy atom. The third-order valence-electron chi connectivity index (χ3n) is 1.94. The highest BCUT2D eigenvalue weighted by Gasteiger charge is 2.16. The topological polar surface area (TPSA) is 52.3 Å². The Labute approximate surface area is 90.5 Å². The van der Waals surface area contributed by atoms with E-state index in [4.69, 9.17) is 4.42 Å². The van der Waals surface area contributed by atoms with Crippen molar-refractivity contribution in [3.05, 3.63) is 29.2 Å². The molecule has 2 aromatic heterocycles. The van der Waals surface area contributed by atoms with Crippen LogP contribution in [-0.4, -0.2) is 18.1 Å². The van der Waals surface area contributed by atoms with E-state index in [1.807, 2.05) is 0 Å². The fourth-order valence-corrected chi connectivity index (χ4v) is 2.16. The molecular formula is C10H9NO3S. The second-order valence-corrected chi connectivity index (χ2v) is 3.94. The van der Waals surface area contributed by atoms with Crippen LogP contribution >= 0.6 is 11.3 Å². The first-order valence-electron chi connectivity index (χ1n) is 4.30. The molecule has 0 spiro atoms. The maximum absolute atomic E-state index is 11.3. The lowest BCUT2D eigenvalue weighted by molar-refractivity contribution is 0.0605. The molecule has 0 atom stereocenters. The van der Waals surface area contributed by atoms with Crippen LogP contribution < -0.4 is 0 Å². The lowest BCUT2D eigenvalue weighted by Crippen LogP contribution is -1.99. The Morgan fingerprint density at radius 2 is 2.40 bits per heavy atom. The van der Waals surface area contributed by atoms with E-state index in [0.29, 0.717) is 10.6 Å². The van der Waals surface area contributed by atoms with Crippen LogP contribution in [0.2, 0.25) is 0 Å². The standard InChI is InChI=1S/C10H9NO3S/c1-6-8(10(12)13-2)15-9(11-6)7-3-4-14-5-7/h3-5H,1-2H3. The lowest BCUT2D eigenvalue weighted by atomic mass is 10.3. The molecule has 0 bridgehead atoms. The summed E-state index contributed by atoms with van der Waals surface area (Å²) in [6, 6.07) is 1.80. The normalized spacial score (nSPS) is 10.3. The average molecular weight is 223 g/mol. The van der Waals surface area contributed by atoms with E-state index >= 15 is 0 Å². The Hall–Kier alpha value is -1.62. The molecule has 0 N–H and O–H groups in total. The number of hydrogen-bond acceptors (Lipinski definition) is 5. The second kappa shape index (κ2) is 3.86. The number of methoxy groups -OCH3 is 1. The fourth-order valence-electron chi connectivity index (χ4n) is 1.19. The highest BCUT2D eigenvalue weighted by Crippen LogP contribution is 2.28. The van der Waals surface area contributed by atoms with Gasteiger partial charge < -0.3 is 9.15 Å². The Kier molecular flexibility index (Phi) is 2.55. The number of hydrogen-bond donors (Lipinski definition) is 0. The van der Waals surface area contributed by atoms with Crippen molar-refractivity contribution in [2.75, 3.05) is 7.11 Å². The summed E-state index contributed by atoms with van der Waals surface area (Å²) in [7, 11) is 1.36. The molecule has 78 valence electrons. The lowest BCUT2D eigenvalue weighted by Gasteiger charge is -1.93. The van der Waals surface area contributed by atoms with Gasteiger partial charge in [0.25, 0.3) is 0 Å². The molecule has 4 nitrogen and oxygen atoms in total. The number of nitrogens with zero attached hydrogens (tertiary/aromatic N) is 1. The first-order chi connectivity index (χ1) is 7.22. The van der Waals surface area contributed by atoms with Crippen LogP contribution in [-0.2, 0) is 4.74 Å². The molecule has 5 heteroatoms. The van der Waals surface area contributed by atoms with Crippen LogP contribution in [0.3, 0.4) is 0 Å². The minimum atomic E-state index is -0.347. The maximum atomic E-state index is 11.3. The zero-order chi connectivity index (χ0) is 10.8. The summed E-state index contributed by atoms with van der Waals surface area (Å²) in [6.45, 7) is 1.78. The molecule has 0 aromatic carbocycles. The van der Waals surface area contributed by atoms with Crippen molar-refractivity contribution in [1.29, 1.82) is 0 Å². The molecule has 0 saturated carbocycles. The Morgan fingerprint density at radius 3 is 3.00 bits per heavy atom. The van der Waals surface area contributed by atoms with Crippen molar-refractivity contribution in [1.82, 2.24) is 4.98 Å². The zero-order valence-electron chi connectivity index (χ0n) is 8.31. The van der Waals surface area contributed by atoms with Gasteiger partial charge in [-0.05, 0) is 13.0 Å². The number of ether oxygens (including phenoxy) is 1. The maximum Gasteiger partial charge on any atom is 0.349 e. The van der Waals surface area contributed by atoms with Gasteiger partial charge in [-0.25, -0.2) is 9.78 Å². The largest absolute Gasteiger partial charge is 0.472 e. The molecule has 2 heterocycles. The van der Waals surface area contributed by atoms with Crippen LogP contribution in [0.15, 0.2) is 23.0 Å². The van der Waals surface area contributed by atoms with Crippen LogP contribution in [0, 0.1) is 6.92 Å². The van der Waals surface area contributed by atoms with Gasteiger partial charge in [0.2, 0.25) is 0 Å². The number of esters is 1. The third kappa shape index (κ3) is 1.78. The summed E-state index contributed by atoms with van der Waals surface area (Å²) >= 11 is 1.30. The number of aromatic nitrogens is 1. The predicted octanol–water partition coefficient (Wildman–Crippen LogP) is 2.50. The van der Waals surface area contributed by atoms with Crippen molar-refractivity contribution in [2.24, 2.45) is 0 Å². The molecule has 0 unspecified atom stereocenters. The summed E-state index contributed by atoms with van der Waals surface area (Å²) in [4.78, 5) is 16.2. The molecule has 0 fully saturated rings. The monoisotopic (exact) mass is 223 g/mol. The van der Waals surface area contributed by atoms with Crippen molar-refractivity contribution in [2.45, 2.75) is 6.92 Å². The molecule has 15 heavy (non-hydrogen) atoms. The van der Waals surface area contributed by atoms with Crippen LogP contribution in [0.5, 0.6) is 0 Å². The average Bonchev–Trinajstić information content (AvgIpc) is 2.84. The molecule has 0 aliphatic carbocycles. The number of rotatable bonds is 2. The molecule has 0 radical (unpaired) electrons. The summed E-state index contributed by atoms with van der Waals surface area (Å²) in [6.07, 6.45) is 3.17. The summed E-state index contributed by atoms with van der Waals surface area (Å²) < 4.78 is 9.61. The van der Waals surface area contributed by atoms with Gasteiger partial charge in [0.05, 0.1) is 19.1 Å². The van der Waals surface area contributed by atoms with Crippen molar-refractivity contribution >= 4 is 17.3 Å². The first-order valence-corrected chi connectivity index (χ1v) is 5.12. The molecule has 0 saturated heterocycles. The van der Waals surface area contributed by atoms with Crippen LogP contribution in [0.1, 0.15) is 15.4 Å². The second-order valence-electron chi connectivity index (χ2n) is 2.94. The SMILES string of the molecule is COC(=O)c1sc(-c2ccoc2)nc1C. The van der Waals surface area contributed by atoms with Gasteiger partial charge >= 0.3 is 5.97 Å². The van der Waals surface area contributed by atoms with Crippen LogP contribution in [0.25, 0.3) is 10.6 Å². The minimum absolute atomic E-state index is 0.347. The Bertz CT molecular complexity index is 473. The fraction of sp³-hybridized carbons (Fsp3) is 0.200. The first kappa shape index (κ1) is 9.92. The Balaban J connectivity index is 2.41. The highest BCUT2D eigenvalue weighted by atomic mass is 32.1. The van der Waals surface area contributed by atoms with Gasteiger partial charge in [-0.2, -0.15) is 0 Å². The van der Waals surface area contributed by atoms with E-state index in [-0.39, 0.29) is 5.97 Å². The van der Waals surface area contributed by atoms with Gasteiger partial charge in [0.15, 0.2) is 0 Å². The number of carbonyl (C=O) groups is 1. The van der Waals surface area contributed by atoms with Gasteiger partial charge in [-0.15, -0.1) is 11.3 Å². The predicted molar refractivity (Wildman–Crippen MR) is 55.9 cm³/mol. The number of carbonyl (C=O) groups excluding carboxylic acids is 1. The van der Waals surface area contributed by atoms with Crippen molar-refractivity contribution in [3.63, 3.8) is 0 Å². The van der Waals surface area contributed by atoms with Gasteiger partial charge in [-0.1, -0.05) is 0 Å². The highest BCUT2D eigenvalue weighted by molar-refractivity contribution is 7.17. The van der Waals surface area contributed by atoms with E-state index in [1.54, 1.807) is 25.5 Å². The number of aryl methyl sites for hydroxylation is 1. The minimum Gasteiger partial charge on any atom is -0.472 e. The van der Waals surface area contributed by atoms with Crippen LogP contribution in [0.4, 0.5) is 0 Å². The van der Waals surface area contributed by atoms with Gasteiger partial charge in [0.1, 0.15) is 16.1 Å². The van der Waals surface area contributed by atoms with Crippen molar-refractivity contribution in [3.8, 4) is 10.6 Å². The quantitative estimate of drug-likeness (QED) is 0.734. The molecule has 0 aliphatic rings. The van der Waals surface area contributed by atoms with Gasteiger partial charge in [0, 0.05) is 5.56 Å². The number of thiazole rings is 1. The summed E-state index contributed by atoms with van der Waals surface area (Å²) in [5, 5.41) is 0.765. The molecule has 2 aromatic rings. The molecular weight excluding hydrogens is 214 g/mol. The van der Waals surface area contributed by atoms with Crippen molar-refractivity contribution < 1.29 is 13.9 Å². The zero-order valence-corrected chi connectivity index (χ0v) is 9.13. The summed E-state index contributed by atoms with van der Waals surface area (Å²) in [5.74, 6) is -0.347.